The van der Waals surface area contributed by atoms with Gasteiger partial charge in [0.15, 0.2) is 0 Å². The number of ether oxygens (including phenoxy) is 1. The molecule has 2 heteroatoms. The van der Waals surface area contributed by atoms with E-state index in [1.54, 1.807) is 0 Å². The van der Waals surface area contributed by atoms with Gasteiger partial charge in [-0.3, -0.25) is 0 Å². The van der Waals surface area contributed by atoms with E-state index in [1.807, 2.05) is 7.11 Å². The molecule has 2 bridgehead atoms. The van der Waals surface area contributed by atoms with Crippen molar-refractivity contribution in [2.45, 2.75) is 76.4 Å². The minimum atomic E-state index is 0.444. The van der Waals surface area contributed by atoms with Crippen LogP contribution in [-0.2, 0) is 4.74 Å². The van der Waals surface area contributed by atoms with Crippen LogP contribution >= 0.6 is 0 Å². The minimum absolute atomic E-state index is 0.444. The summed E-state index contributed by atoms with van der Waals surface area (Å²) in [5.74, 6) is 3.88. The minimum Gasteiger partial charge on any atom is -0.380 e. The van der Waals surface area contributed by atoms with Gasteiger partial charge in [0.2, 0.25) is 0 Å². The molecular formula is C18H33NO. The largest absolute Gasteiger partial charge is 0.380 e. The standard InChI is InChI=1S/C18H33NO/c1-19-17(12-16-11-13-8-9-15(16)10-13)18(20-2)14-6-4-3-5-7-14/h13-19H,3-12H2,1-2H3. The summed E-state index contributed by atoms with van der Waals surface area (Å²) in [6, 6.07) is 0.576. The van der Waals surface area contributed by atoms with Crippen molar-refractivity contribution in [1.82, 2.24) is 5.32 Å². The van der Waals surface area contributed by atoms with E-state index in [2.05, 4.69) is 12.4 Å². The van der Waals surface area contributed by atoms with Gasteiger partial charge in [0.1, 0.15) is 0 Å². The quantitative estimate of drug-likeness (QED) is 0.793. The van der Waals surface area contributed by atoms with E-state index in [4.69, 9.17) is 4.74 Å². The molecule has 5 atom stereocenters. The predicted octanol–water partition coefficient (Wildman–Crippen LogP) is 4.00. The first-order valence-electron chi connectivity index (χ1n) is 9.02. The summed E-state index contributed by atoms with van der Waals surface area (Å²) in [6.07, 6.45) is 14.9. The third-order valence-electron chi connectivity index (χ3n) is 6.60. The molecule has 3 rings (SSSR count). The molecule has 3 fully saturated rings. The lowest BCUT2D eigenvalue weighted by atomic mass is 9.78. The lowest BCUT2D eigenvalue weighted by Crippen LogP contribution is -2.45. The molecule has 0 aromatic heterocycles. The van der Waals surface area contributed by atoms with Crippen LogP contribution < -0.4 is 5.32 Å². The Bertz CT molecular complexity index is 300. The van der Waals surface area contributed by atoms with Gasteiger partial charge in [-0.25, -0.2) is 0 Å². The molecule has 3 aliphatic carbocycles. The molecule has 1 N–H and O–H groups in total. The molecule has 5 unspecified atom stereocenters. The Morgan fingerprint density at radius 3 is 2.40 bits per heavy atom. The zero-order valence-electron chi connectivity index (χ0n) is 13.4. The van der Waals surface area contributed by atoms with Gasteiger partial charge in [0.25, 0.3) is 0 Å². The fourth-order valence-corrected chi connectivity index (χ4v) is 5.56. The Morgan fingerprint density at radius 2 is 1.85 bits per heavy atom. The van der Waals surface area contributed by atoms with Gasteiger partial charge in [-0.2, -0.15) is 0 Å². The molecule has 0 radical (unpaired) electrons. The summed E-state index contributed by atoms with van der Waals surface area (Å²) in [7, 11) is 4.08. The number of likely N-dealkylation sites (N-methyl/N-ethyl adjacent to an activating group) is 1. The number of fused-ring (bicyclic) bond motifs is 2. The van der Waals surface area contributed by atoms with Crippen LogP contribution in [-0.4, -0.2) is 26.3 Å². The first kappa shape index (κ1) is 14.8. The van der Waals surface area contributed by atoms with E-state index in [9.17, 15) is 0 Å². The van der Waals surface area contributed by atoms with Crippen LogP contribution in [0.4, 0.5) is 0 Å². The Morgan fingerprint density at radius 1 is 1.05 bits per heavy atom. The highest BCUT2D eigenvalue weighted by Crippen LogP contribution is 2.50. The van der Waals surface area contributed by atoms with Crippen LogP contribution in [0.15, 0.2) is 0 Å². The maximum Gasteiger partial charge on any atom is 0.0752 e. The van der Waals surface area contributed by atoms with Crippen LogP contribution in [0.25, 0.3) is 0 Å². The first-order chi connectivity index (χ1) is 9.81. The number of nitrogens with one attached hydrogen (secondary N) is 1. The van der Waals surface area contributed by atoms with E-state index in [-0.39, 0.29) is 0 Å². The fourth-order valence-electron chi connectivity index (χ4n) is 5.56. The van der Waals surface area contributed by atoms with Crippen molar-refractivity contribution in [3.05, 3.63) is 0 Å². The SMILES string of the molecule is CNC(CC1CC2CCC1C2)C(OC)C1CCCCC1. The van der Waals surface area contributed by atoms with E-state index < -0.39 is 0 Å². The normalized spacial score (nSPS) is 37.2. The molecule has 2 nitrogen and oxygen atoms in total. The van der Waals surface area contributed by atoms with Gasteiger partial charge >= 0.3 is 0 Å². The summed E-state index contributed by atoms with van der Waals surface area (Å²) >= 11 is 0. The second kappa shape index (κ2) is 6.79. The van der Waals surface area contributed by atoms with Crippen LogP contribution in [0.5, 0.6) is 0 Å². The predicted molar refractivity (Wildman–Crippen MR) is 83.8 cm³/mol. The summed E-state index contributed by atoms with van der Waals surface area (Å²) < 4.78 is 5.97. The summed E-state index contributed by atoms with van der Waals surface area (Å²) in [4.78, 5) is 0. The van der Waals surface area contributed by atoms with Gasteiger partial charge in [0, 0.05) is 13.2 Å². The first-order valence-corrected chi connectivity index (χ1v) is 9.02. The third kappa shape index (κ3) is 3.06. The lowest BCUT2D eigenvalue weighted by molar-refractivity contribution is 0.00174. The Kier molecular flexibility index (Phi) is 5.04. The highest BCUT2D eigenvalue weighted by Gasteiger charge is 2.41. The van der Waals surface area contributed by atoms with E-state index >= 15 is 0 Å². The van der Waals surface area contributed by atoms with Crippen LogP contribution in [0.1, 0.15) is 64.2 Å². The van der Waals surface area contributed by atoms with Crippen molar-refractivity contribution >= 4 is 0 Å². The van der Waals surface area contributed by atoms with E-state index in [0.29, 0.717) is 12.1 Å². The lowest BCUT2D eigenvalue weighted by Gasteiger charge is -2.37. The molecule has 0 aliphatic heterocycles. The highest BCUT2D eigenvalue weighted by atomic mass is 16.5. The van der Waals surface area contributed by atoms with Gasteiger partial charge in [0.05, 0.1) is 6.10 Å². The van der Waals surface area contributed by atoms with Crippen LogP contribution in [0.2, 0.25) is 0 Å². The van der Waals surface area contributed by atoms with Gasteiger partial charge < -0.3 is 10.1 Å². The average Bonchev–Trinajstić information content (AvgIpc) is 3.10. The molecule has 0 spiro atoms. The van der Waals surface area contributed by atoms with Crippen molar-refractivity contribution in [3.63, 3.8) is 0 Å². The molecule has 3 aliphatic rings. The summed E-state index contributed by atoms with van der Waals surface area (Å²) in [5.41, 5.74) is 0. The summed E-state index contributed by atoms with van der Waals surface area (Å²) in [5, 5.41) is 3.61. The van der Waals surface area contributed by atoms with Gasteiger partial charge in [-0.05, 0) is 69.2 Å². The molecule has 3 saturated carbocycles. The molecule has 0 aromatic carbocycles. The average molecular weight is 279 g/mol. The molecule has 0 aromatic rings. The number of hydrogen-bond donors (Lipinski definition) is 1. The Hall–Kier alpha value is -0.0800. The molecule has 116 valence electrons. The van der Waals surface area contributed by atoms with Gasteiger partial charge in [-0.15, -0.1) is 0 Å². The molecular weight excluding hydrogens is 246 g/mol. The van der Waals surface area contributed by atoms with Gasteiger partial charge in [-0.1, -0.05) is 25.7 Å². The molecule has 20 heavy (non-hydrogen) atoms. The molecule has 0 saturated heterocycles. The number of rotatable bonds is 6. The van der Waals surface area contributed by atoms with Crippen molar-refractivity contribution in [1.29, 1.82) is 0 Å². The number of hydrogen-bond acceptors (Lipinski definition) is 2. The second-order valence-corrected chi connectivity index (χ2v) is 7.66. The Balaban J connectivity index is 1.58. The summed E-state index contributed by atoms with van der Waals surface area (Å²) in [6.45, 7) is 0. The molecule has 0 heterocycles. The maximum absolute atomic E-state index is 5.97. The van der Waals surface area contributed by atoms with Crippen molar-refractivity contribution in [3.8, 4) is 0 Å². The zero-order chi connectivity index (χ0) is 13.9. The Labute approximate surface area is 125 Å². The van der Waals surface area contributed by atoms with Crippen molar-refractivity contribution < 1.29 is 4.74 Å². The van der Waals surface area contributed by atoms with Crippen molar-refractivity contribution in [2.24, 2.45) is 23.7 Å². The second-order valence-electron chi connectivity index (χ2n) is 7.66. The van der Waals surface area contributed by atoms with Crippen LogP contribution in [0, 0.1) is 23.7 Å². The maximum atomic E-state index is 5.97. The monoisotopic (exact) mass is 279 g/mol. The fraction of sp³-hybridized carbons (Fsp3) is 1.00. The van der Waals surface area contributed by atoms with Crippen LogP contribution in [0.3, 0.4) is 0 Å². The highest BCUT2D eigenvalue weighted by molar-refractivity contribution is 4.94. The van der Waals surface area contributed by atoms with E-state index in [0.717, 1.165) is 23.7 Å². The van der Waals surface area contributed by atoms with Crippen molar-refractivity contribution in [2.75, 3.05) is 14.2 Å². The zero-order valence-corrected chi connectivity index (χ0v) is 13.4. The van der Waals surface area contributed by atoms with E-state index in [1.165, 1.54) is 64.2 Å². The molecule has 0 amide bonds. The number of methoxy groups -OCH3 is 1. The topological polar surface area (TPSA) is 21.3 Å². The third-order valence-corrected chi connectivity index (χ3v) is 6.60. The smallest absolute Gasteiger partial charge is 0.0752 e.